The first-order chi connectivity index (χ1) is 8.65. The molecular weight excluding hydrogens is 335 g/mol. The third-order valence-electron chi connectivity index (χ3n) is 2.29. The molecule has 1 rings (SSSR count). The number of hydrogen-bond donors (Lipinski definition) is 0. The Hall–Kier alpha value is 0.113. The average molecular weight is 358 g/mol. The summed E-state index contributed by atoms with van der Waals surface area (Å²) in [5.41, 5.74) is 0.00130. The van der Waals surface area contributed by atoms with Gasteiger partial charge in [-0.05, 0) is 0 Å². The van der Waals surface area contributed by atoms with E-state index < -0.39 is 22.6 Å². The second kappa shape index (κ2) is 6.71. The SMILES string of the molecule is CC(C)(C)N=[P+](c1ccccc1)[N]([Ge][Cl])C(C)(C)C. The van der Waals surface area contributed by atoms with Gasteiger partial charge in [0.15, 0.2) is 0 Å². The summed E-state index contributed by atoms with van der Waals surface area (Å²) in [6.07, 6.45) is 0. The van der Waals surface area contributed by atoms with Crippen LogP contribution in [0.3, 0.4) is 0 Å². The molecule has 1 atom stereocenters. The van der Waals surface area contributed by atoms with Gasteiger partial charge in [-0.1, -0.05) is 0 Å². The molecule has 0 saturated carbocycles. The standard InChI is InChI=1S/C14H23ClGeN2P/c1-13(2,3)17-19(12-10-8-7-9-11-12)18(16-15)14(4,5)6/h7-11H,1-6H3/q+1. The Morgan fingerprint density at radius 3 is 1.95 bits per heavy atom. The Morgan fingerprint density at radius 1 is 1.05 bits per heavy atom. The predicted molar refractivity (Wildman–Crippen MR) is 88.4 cm³/mol. The first-order valence-electron chi connectivity index (χ1n) is 6.39. The van der Waals surface area contributed by atoms with Crippen LogP contribution in [0.15, 0.2) is 35.1 Å². The molecule has 0 aliphatic rings. The fraction of sp³-hybridized carbons (Fsp3) is 0.571. The molecule has 0 bridgehead atoms. The first-order valence-corrected chi connectivity index (χ1v) is 11.3. The summed E-state index contributed by atoms with van der Waals surface area (Å²) in [5.74, 6) is 0. The molecule has 0 saturated heterocycles. The monoisotopic (exact) mass is 359 g/mol. The number of nitrogens with zero attached hydrogens (tertiary/aromatic N) is 2. The van der Waals surface area contributed by atoms with Crippen LogP contribution in [0.2, 0.25) is 0 Å². The summed E-state index contributed by atoms with van der Waals surface area (Å²) in [6.45, 7) is 13.1. The van der Waals surface area contributed by atoms with Crippen molar-refractivity contribution in [3.8, 4) is 0 Å². The van der Waals surface area contributed by atoms with Crippen LogP contribution < -0.4 is 5.30 Å². The third kappa shape index (κ3) is 5.55. The van der Waals surface area contributed by atoms with E-state index in [2.05, 4.69) is 69.4 Å². The molecule has 0 spiro atoms. The number of rotatable bonds is 3. The molecule has 0 N–H and O–H groups in total. The van der Waals surface area contributed by atoms with Crippen molar-refractivity contribution in [2.24, 2.45) is 4.74 Å². The average Bonchev–Trinajstić information content (AvgIpc) is 2.26. The molecule has 0 aromatic heterocycles. The van der Waals surface area contributed by atoms with Crippen molar-refractivity contribution in [1.29, 1.82) is 0 Å². The van der Waals surface area contributed by atoms with Gasteiger partial charge in [0.25, 0.3) is 0 Å². The van der Waals surface area contributed by atoms with Crippen molar-refractivity contribution >= 4 is 37.9 Å². The number of hydrogen-bond acceptors (Lipinski definition) is 1. The van der Waals surface area contributed by atoms with Gasteiger partial charge in [-0.15, -0.1) is 0 Å². The Balaban J connectivity index is 3.32. The number of halogens is 1. The van der Waals surface area contributed by atoms with E-state index in [1.807, 2.05) is 6.07 Å². The van der Waals surface area contributed by atoms with Crippen LogP contribution in [-0.2, 0) is 0 Å². The van der Waals surface area contributed by atoms with Crippen molar-refractivity contribution in [1.82, 2.24) is 3.63 Å². The Kier molecular flexibility index (Phi) is 6.06. The van der Waals surface area contributed by atoms with Crippen molar-refractivity contribution in [2.75, 3.05) is 0 Å². The molecule has 0 amide bonds. The quantitative estimate of drug-likeness (QED) is 0.571. The number of benzene rings is 1. The van der Waals surface area contributed by atoms with Gasteiger partial charge in [0, 0.05) is 0 Å². The van der Waals surface area contributed by atoms with Crippen LogP contribution in [0, 0.1) is 0 Å². The van der Waals surface area contributed by atoms with E-state index in [9.17, 15) is 0 Å². The minimum absolute atomic E-state index is 0.0523. The zero-order valence-electron chi connectivity index (χ0n) is 12.6. The Bertz CT molecular complexity index is 435. The van der Waals surface area contributed by atoms with Crippen LogP contribution in [0.25, 0.3) is 0 Å². The van der Waals surface area contributed by atoms with Gasteiger partial charge < -0.3 is 0 Å². The topological polar surface area (TPSA) is 15.6 Å². The van der Waals surface area contributed by atoms with E-state index in [-0.39, 0.29) is 11.1 Å². The fourth-order valence-electron chi connectivity index (χ4n) is 1.51. The van der Waals surface area contributed by atoms with Gasteiger partial charge in [-0.25, -0.2) is 0 Å². The second-order valence-corrected chi connectivity index (χ2v) is 11.1. The van der Waals surface area contributed by atoms with Crippen LogP contribution in [0.5, 0.6) is 0 Å². The zero-order chi connectivity index (χ0) is 14.7. The van der Waals surface area contributed by atoms with Crippen molar-refractivity contribution < 1.29 is 0 Å². The van der Waals surface area contributed by atoms with Crippen molar-refractivity contribution in [3.63, 3.8) is 0 Å². The molecule has 19 heavy (non-hydrogen) atoms. The summed E-state index contributed by atoms with van der Waals surface area (Å²) >= 11 is -0.667. The molecule has 0 aliphatic carbocycles. The molecule has 5 heteroatoms. The summed E-state index contributed by atoms with van der Waals surface area (Å²) in [4.78, 5) is 0. The van der Waals surface area contributed by atoms with Gasteiger partial charge >= 0.3 is 129 Å². The zero-order valence-corrected chi connectivity index (χ0v) is 16.4. The second-order valence-electron chi connectivity index (χ2n) is 6.46. The van der Waals surface area contributed by atoms with Gasteiger partial charge in [-0.2, -0.15) is 0 Å². The van der Waals surface area contributed by atoms with Gasteiger partial charge in [0.1, 0.15) is 0 Å². The predicted octanol–water partition coefficient (Wildman–Crippen LogP) is 4.56. The summed E-state index contributed by atoms with van der Waals surface area (Å²) in [7, 11) is 5.62. The molecule has 2 nitrogen and oxygen atoms in total. The molecule has 0 fully saturated rings. The van der Waals surface area contributed by atoms with E-state index >= 15 is 0 Å². The molecule has 1 aromatic rings. The van der Waals surface area contributed by atoms with Crippen LogP contribution in [0.1, 0.15) is 41.5 Å². The molecule has 1 unspecified atom stereocenters. The summed E-state index contributed by atoms with van der Waals surface area (Å²) in [5, 5.41) is 1.28. The molecular formula is C14H23ClGeN2P+. The van der Waals surface area contributed by atoms with Crippen LogP contribution in [0.4, 0.5) is 0 Å². The van der Waals surface area contributed by atoms with Gasteiger partial charge in [0.2, 0.25) is 0 Å². The van der Waals surface area contributed by atoms with Gasteiger partial charge in [-0.3, -0.25) is 0 Å². The van der Waals surface area contributed by atoms with E-state index in [1.165, 1.54) is 5.30 Å². The summed E-state index contributed by atoms with van der Waals surface area (Å²) < 4.78 is 7.46. The normalized spacial score (nSPS) is 14.0. The van der Waals surface area contributed by atoms with Crippen molar-refractivity contribution in [2.45, 2.75) is 52.6 Å². The molecule has 0 aliphatic heterocycles. The fourth-order valence-corrected chi connectivity index (χ4v) is 8.02. The maximum absolute atomic E-state index is 6.33. The van der Waals surface area contributed by atoms with Crippen LogP contribution >= 0.6 is 17.9 Å². The third-order valence-corrected chi connectivity index (χ3v) is 9.76. The van der Waals surface area contributed by atoms with E-state index in [4.69, 9.17) is 14.8 Å². The van der Waals surface area contributed by atoms with Crippen molar-refractivity contribution in [3.05, 3.63) is 30.3 Å². The van der Waals surface area contributed by atoms with Crippen LogP contribution in [-0.4, -0.2) is 29.4 Å². The van der Waals surface area contributed by atoms with Gasteiger partial charge in [0.05, 0.1) is 0 Å². The van der Waals surface area contributed by atoms with E-state index in [0.717, 1.165) is 0 Å². The maximum atomic E-state index is 6.33. The van der Waals surface area contributed by atoms with E-state index in [1.54, 1.807) is 0 Å². The first kappa shape index (κ1) is 17.2. The molecule has 0 heterocycles. The van der Waals surface area contributed by atoms with E-state index in [0.29, 0.717) is 0 Å². The molecule has 104 valence electrons. The minimum atomic E-state index is -0.713. The Morgan fingerprint density at radius 2 is 1.58 bits per heavy atom. The molecule has 2 radical (unpaired) electrons. The Labute approximate surface area is 129 Å². The molecule has 1 aromatic carbocycles. The summed E-state index contributed by atoms with van der Waals surface area (Å²) in [6, 6.07) is 10.5.